The molecule has 1 aromatic rings. The topological polar surface area (TPSA) is 17.1 Å². The minimum atomic E-state index is -0.437. The van der Waals surface area contributed by atoms with Crippen LogP contribution in [-0.4, -0.2) is 16.8 Å². The van der Waals surface area contributed by atoms with Crippen LogP contribution in [0.2, 0.25) is 5.02 Å². The summed E-state index contributed by atoms with van der Waals surface area (Å²) >= 11 is 7.39. The molecule has 1 nitrogen and oxygen atoms in total. The number of hydrogen-bond acceptors (Lipinski definition) is 2. The Hall–Kier alpha value is -0.540. The predicted molar refractivity (Wildman–Crippen MR) is 65.6 cm³/mol. The highest BCUT2D eigenvalue weighted by molar-refractivity contribution is 8.00. The first-order valence-electron chi connectivity index (χ1n) is 5.25. The Morgan fingerprint density at radius 2 is 2.38 bits per heavy atom. The first-order chi connectivity index (χ1) is 7.66. The van der Waals surface area contributed by atoms with Gasteiger partial charge in [0, 0.05) is 6.42 Å². The molecular formula is C12H12ClFOS. The molecule has 0 saturated carbocycles. The summed E-state index contributed by atoms with van der Waals surface area (Å²) in [5, 5.41) is 0.216. The number of halogens is 2. The van der Waals surface area contributed by atoms with Crippen LogP contribution >= 0.6 is 23.4 Å². The molecule has 0 bridgehead atoms. The van der Waals surface area contributed by atoms with Crippen molar-refractivity contribution in [3.63, 3.8) is 0 Å². The van der Waals surface area contributed by atoms with Crippen LogP contribution in [0.5, 0.6) is 0 Å². The third-order valence-corrected chi connectivity index (χ3v) is 4.37. The van der Waals surface area contributed by atoms with Crippen LogP contribution in [0.25, 0.3) is 0 Å². The quantitative estimate of drug-likeness (QED) is 0.826. The minimum absolute atomic E-state index is 0.0874. The molecule has 0 spiro atoms. The van der Waals surface area contributed by atoms with Crippen molar-refractivity contribution in [3.05, 3.63) is 34.6 Å². The van der Waals surface area contributed by atoms with Crippen molar-refractivity contribution in [2.75, 3.05) is 5.75 Å². The molecule has 2 rings (SSSR count). The highest BCUT2D eigenvalue weighted by Gasteiger charge is 2.23. The Labute approximate surface area is 103 Å². The van der Waals surface area contributed by atoms with Crippen LogP contribution in [0.15, 0.2) is 18.2 Å². The Morgan fingerprint density at radius 1 is 1.56 bits per heavy atom. The second-order valence-electron chi connectivity index (χ2n) is 3.89. The van der Waals surface area contributed by atoms with Crippen LogP contribution in [0.1, 0.15) is 18.4 Å². The normalized spacial score (nSPS) is 20.0. The van der Waals surface area contributed by atoms with Gasteiger partial charge in [-0.25, -0.2) is 4.39 Å². The van der Waals surface area contributed by atoms with E-state index in [0.717, 1.165) is 24.2 Å². The summed E-state index contributed by atoms with van der Waals surface area (Å²) in [6.45, 7) is 0. The van der Waals surface area contributed by atoms with Crippen LogP contribution < -0.4 is 0 Å². The lowest BCUT2D eigenvalue weighted by molar-refractivity contribution is -0.117. The molecule has 86 valence electrons. The van der Waals surface area contributed by atoms with Crippen molar-refractivity contribution < 1.29 is 9.18 Å². The lowest BCUT2D eigenvalue weighted by atomic mass is 10.0. The molecule has 1 saturated heterocycles. The summed E-state index contributed by atoms with van der Waals surface area (Å²) in [5.74, 6) is 0.860. The second-order valence-corrected chi connectivity index (χ2v) is 5.61. The van der Waals surface area contributed by atoms with Gasteiger partial charge >= 0.3 is 0 Å². The molecule has 4 heteroatoms. The maximum Gasteiger partial charge on any atom is 0.150 e. The van der Waals surface area contributed by atoms with Crippen molar-refractivity contribution >= 4 is 29.1 Å². The number of ketones is 1. The summed E-state index contributed by atoms with van der Waals surface area (Å²) < 4.78 is 12.9. The highest BCUT2D eigenvalue weighted by atomic mass is 35.5. The van der Waals surface area contributed by atoms with Crippen LogP contribution in [0.4, 0.5) is 4.39 Å². The SMILES string of the molecule is O=C(Cc1ccc(F)c(Cl)c1)C1CCCS1. The number of Topliss-reactive ketones (excluding diaryl/α,β-unsaturated/α-hetero) is 1. The fraction of sp³-hybridized carbons (Fsp3) is 0.417. The maximum atomic E-state index is 12.9. The van der Waals surface area contributed by atoms with Gasteiger partial charge in [-0.15, -0.1) is 0 Å². The van der Waals surface area contributed by atoms with E-state index in [1.807, 2.05) is 0 Å². The van der Waals surface area contributed by atoms with Gasteiger partial charge in [-0.1, -0.05) is 17.7 Å². The van der Waals surface area contributed by atoms with E-state index < -0.39 is 5.82 Å². The maximum absolute atomic E-state index is 12.9. The fourth-order valence-electron chi connectivity index (χ4n) is 1.80. The molecule has 1 heterocycles. The molecule has 0 aliphatic carbocycles. The van der Waals surface area contributed by atoms with E-state index in [2.05, 4.69) is 0 Å². The lowest BCUT2D eigenvalue weighted by Gasteiger charge is -2.07. The molecule has 0 aromatic heterocycles. The standard InChI is InChI=1S/C12H12ClFOS/c13-9-6-8(3-4-10(9)14)7-11(15)12-2-1-5-16-12/h3-4,6,12H,1-2,5,7H2. The summed E-state index contributed by atoms with van der Waals surface area (Å²) in [7, 11) is 0. The Morgan fingerprint density at radius 3 is 3.00 bits per heavy atom. The zero-order valence-corrected chi connectivity index (χ0v) is 10.3. The van der Waals surface area contributed by atoms with E-state index in [9.17, 15) is 9.18 Å². The Bertz CT molecular complexity index is 402. The molecule has 1 aliphatic heterocycles. The monoisotopic (exact) mass is 258 g/mol. The number of carbonyl (C=O) groups is 1. The van der Waals surface area contributed by atoms with Crippen LogP contribution in [0.3, 0.4) is 0 Å². The smallest absolute Gasteiger partial charge is 0.150 e. The van der Waals surface area contributed by atoms with Gasteiger partial charge in [0.15, 0.2) is 0 Å². The number of rotatable bonds is 3. The van der Waals surface area contributed by atoms with Crippen LogP contribution in [-0.2, 0) is 11.2 Å². The van der Waals surface area contributed by atoms with E-state index in [-0.39, 0.29) is 16.1 Å². The summed E-state index contributed by atoms with van der Waals surface area (Å²) in [4.78, 5) is 11.9. The van der Waals surface area contributed by atoms with Gasteiger partial charge in [-0.3, -0.25) is 4.79 Å². The van der Waals surface area contributed by atoms with Gasteiger partial charge in [0.05, 0.1) is 10.3 Å². The molecule has 0 N–H and O–H groups in total. The molecule has 0 radical (unpaired) electrons. The summed E-state index contributed by atoms with van der Waals surface area (Å²) in [5.41, 5.74) is 0.795. The van der Waals surface area contributed by atoms with Crippen molar-refractivity contribution in [1.29, 1.82) is 0 Å². The Kier molecular flexibility index (Phi) is 3.87. The summed E-state index contributed by atoms with van der Waals surface area (Å²) in [6.07, 6.45) is 2.45. The zero-order valence-electron chi connectivity index (χ0n) is 8.71. The molecule has 16 heavy (non-hydrogen) atoms. The molecule has 1 unspecified atom stereocenters. The lowest BCUT2D eigenvalue weighted by Crippen LogP contribution is -2.16. The highest BCUT2D eigenvalue weighted by Crippen LogP contribution is 2.28. The zero-order chi connectivity index (χ0) is 11.5. The first-order valence-corrected chi connectivity index (χ1v) is 6.68. The first kappa shape index (κ1) is 11.9. The van der Waals surface area contributed by atoms with Gasteiger partial charge in [0.2, 0.25) is 0 Å². The minimum Gasteiger partial charge on any atom is -0.298 e. The molecular weight excluding hydrogens is 247 g/mol. The third kappa shape index (κ3) is 2.77. The van der Waals surface area contributed by atoms with Gasteiger partial charge < -0.3 is 0 Å². The number of benzene rings is 1. The molecule has 0 amide bonds. The van der Waals surface area contributed by atoms with Crippen molar-refractivity contribution in [3.8, 4) is 0 Å². The van der Waals surface area contributed by atoms with Gasteiger partial charge in [0.25, 0.3) is 0 Å². The van der Waals surface area contributed by atoms with E-state index in [4.69, 9.17) is 11.6 Å². The van der Waals surface area contributed by atoms with Gasteiger partial charge in [-0.2, -0.15) is 11.8 Å². The third-order valence-electron chi connectivity index (χ3n) is 2.65. The summed E-state index contributed by atoms with van der Waals surface area (Å²) in [6, 6.07) is 4.47. The largest absolute Gasteiger partial charge is 0.298 e. The van der Waals surface area contributed by atoms with E-state index in [1.54, 1.807) is 17.8 Å². The molecule has 1 fully saturated rings. The molecule has 1 aromatic carbocycles. The second kappa shape index (κ2) is 5.19. The predicted octanol–water partition coefficient (Wildman–Crippen LogP) is 3.49. The van der Waals surface area contributed by atoms with Crippen molar-refractivity contribution in [2.24, 2.45) is 0 Å². The van der Waals surface area contributed by atoms with Gasteiger partial charge in [-0.05, 0) is 36.3 Å². The molecule has 1 atom stereocenters. The molecule has 1 aliphatic rings. The average molecular weight is 259 g/mol. The van der Waals surface area contributed by atoms with Crippen molar-refractivity contribution in [2.45, 2.75) is 24.5 Å². The average Bonchev–Trinajstić information content (AvgIpc) is 2.77. The Balaban J connectivity index is 2.02. The van der Waals surface area contributed by atoms with Crippen LogP contribution in [0, 0.1) is 5.82 Å². The van der Waals surface area contributed by atoms with E-state index in [1.165, 1.54) is 12.1 Å². The van der Waals surface area contributed by atoms with Gasteiger partial charge in [0.1, 0.15) is 11.6 Å². The fourth-order valence-corrected chi connectivity index (χ4v) is 3.22. The van der Waals surface area contributed by atoms with E-state index >= 15 is 0 Å². The van der Waals surface area contributed by atoms with Crippen molar-refractivity contribution in [1.82, 2.24) is 0 Å². The number of hydrogen-bond donors (Lipinski definition) is 0. The number of thioether (sulfide) groups is 1. The van der Waals surface area contributed by atoms with E-state index in [0.29, 0.717) is 6.42 Å². The number of carbonyl (C=O) groups excluding carboxylic acids is 1.